The van der Waals surface area contributed by atoms with Gasteiger partial charge in [0.05, 0.1) is 0 Å². The Morgan fingerprint density at radius 2 is 2.36 bits per heavy atom. The summed E-state index contributed by atoms with van der Waals surface area (Å²) in [5.41, 5.74) is 6.08. The first-order valence-electron chi connectivity index (χ1n) is 3.99. The maximum Gasteiger partial charge on any atom is 0.177 e. The Hall–Kier alpha value is -1.42. The summed E-state index contributed by atoms with van der Waals surface area (Å²) in [6, 6.07) is 5.32. The first-order chi connectivity index (χ1) is 6.65. The maximum absolute atomic E-state index is 8.29. The molecule has 4 nitrogen and oxygen atoms in total. The second-order valence-corrected chi connectivity index (χ2v) is 3.15. The minimum absolute atomic E-state index is 0.0179. The average molecular weight is 215 g/mol. The minimum Gasteiger partial charge on any atom is -0.485 e. The molecule has 0 atom stereocenters. The molecule has 14 heavy (non-hydrogen) atoms. The van der Waals surface area contributed by atoms with Gasteiger partial charge in [-0.2, -0.15) is 0 Å². The van der Waals surface area contributed by atoms with E-state index in [2.05, 4.69) is 5.16 Å². The first kappa shape index (κ1) is 10.7. The standard InChI is InChI=1S/C9H11ClN2O2/c1-6-7(10)3-2-4-8(6)14-5-9(11)12-13/h2-4,13H,5H2,1H3,(H2,11,12). The molecule has 0 saturated carbocycles. The van der Waals surface area contributed by atoms with Gasteiger partial charge in [-0.3, -0.25) is 0 Å². The zero-order valence-corrected chi connectivity index (χ0v) is 8.45. The van der Waals surface area contributed by atoms with Crippen molar-refractivity contribution in [1.29, 1.82) is 0 Å². The number of benzene rings is 1. The van der Waals surface area contributed by atoms with Gasteiger partial charge >= 0.3 is 0 Å². The number of amidine groups is 1. The lowest BCUT2D eigenvalue weighted by Gasteiger charge is -2.08. The van der Waals surface area contributed by atoms with Gasteiger partial charge in [0.1, 0.15) is 12.4 Å². The minimum atomic E-state index is 0.0179. The molecule has 1 rings (SSSR count). The number of oxime groups is 1. The van der Waals surface area contributed by atoms with Crippen LogP contribution in [0.25, 0.3) is 0 Å². The molecule has 0 saturated heterocycles. The average Bonchev–Trinajstić information content (AvgIpc) is 2.20. The lowest BCUT2D eigenvalue weighted by atomic mass is 10.2. The Morgan fingerprint density at radius 3 is 3.00 bits per heavy atom. The predicted octanol–water partition coefficient (Wildman–Crippen LogP) is 1.77. The molecule has 0 fully saturated rings. The third-order valence-corrected chi connectivity index (χ3v) is 2.13. The normalized spacial score (nSPS) is 11.4. The fourth-order valence-electron chi connectivity index (χ4n) is 0.925. The molecule has 0 aliphatic carbocycles. The highest BCUT2D eigenvalue weighted by Gasteiger charge is 2.03. The molecule has 76 valence electrons. The van der Waals surface area contributed by atoms with E-state index in [0.717, 1.165) is 5.56 Å². The van der Waals surface area contributed by atoms with Crippen molar-refractivity contribution in [2.45, 2.75) is 6.92 Å². The number of hydrogen-bond acceptors (Lipinski definition) is 3. The molecule has 5 heteroatoms. The predicted molar refractivity (Wildman–Crippen MR) is 55.1 cm³/mol. The molecule has 0 unspecified atom stereocenters. The van der Waals surface area contributed by atoms with Gasteiger partial charge in [0, 0.05) is 10.6 Å². The Morgan fingerprint density at radius 1 is 1.64 bits per heavy atom. The van der Waals surface area contributed by atoms with Crippen LogP contribution in [0, 0.1) is 6.92 Å². The van der Waals surface area contributed by atoms with Crippen LogP contribution in [0.4, 0.5) is 0 Å². The summed E-state index contributed by atoms with van der Waals surface area (Å²) in [6.45, 7) is 1.88. The summed E-state index contributed by atoms with van der Waals surface area (Å²) in [5.74, 6) is 0.647. The lowest BCUT2D eigenvalue weighted by molar-refractivity contribution is 0.306. The van der Waals surface area contributed by atoms with Crippen LogP contribution in [0.5, 0.6) is 5.75 Å². The van der Waals surface area contributed by atoms with Gasteiger partial charge in [-0.25, -0.2) is 0 Å². The number of nitrogens with zero attached hydrogens (tertiary/aromatic N) is 1. The van der Waals surface area contributed by atoms with Crippen molar-refractivity contribution in [3.8, 4) is 5.75 Å². The maximum atomic E-state index is 8.29. The second-order valence-electron chi connectivity index (χ2n) is 2.74. The summed E-state index contributed by atoms with van der Waals surface area (Å²) < 4.78 is 5.27. The quantitative estimate of drug-likeness (QED) is 0.349. The van der Waals surface area contributed by atoms with E-state index in [-0.39, 0.29) is 12.4 Å². The van der Waals surface area contributed by atoms with Crippen molar-refractivity contribution >= 4 is 17.4 Å². The molecule has 0 bridgehead atoms. The van der Waals surface area contributed by atoms with E-state index in [4.69, 9.17) is 27.3 Å². The molecule has 0 aliphatic heterocycles. The van der Waals surface area contributed by atoms with Crippen molar-refractivity contribution in [3.63, 3.8) is 0 Å². The molecule has 0 amide bonds. The third kappa shape index (κ3) is 2.53. The summed E-state index contributed by atoms with van der Waals surface area (Å²) in [4.78, 5) is 0. The van der Waals surface area contributed by atoms with E-state index in [9.17, 15) is 0 Å². The van der Waals surface area contributed by atoms with Gasteiger partial charge in [-0.15, -0.1) is 0 Å². The second kappa shape index (κ2) is 4.72. The van der Waals surface area contributed by atoms with Gasteiger partial charge < -0.3 is 15.7 Å². The molecule has 1 aromatic rings. The zero-order chi connectivity index (χ0) is 10.6. The summed E-state index contributed by atoms with van der Waals surface area (Å²) in [7, 11) is 0. The number of hydrogen-bond donors (Lipinski definition) is 2. The number of halogens is 1. The highest BCUT2D eigenvalue weighted by atomic mass is 35.5. The van der Waals surface area contributed by atoms with E-state index >= 15 is 0 Å². The zero-order valence-electron chi connectivity index (χ0n) is 7.70. The van der Waals surface area contributed by atoms with Crippen LogP contribution in [0.3, 0.4) is 0 Å². The van der Waals surface area contributed by atoms with E-state index in [0.29, 0.717) is 10.8 Å². The van der Waals surface area contributed by atoms with Gasteiger partial charge in [-0.05, 0) is 19.1 Å². The number of nitrogens with two attached hydrogens (primary N) is 1. The van der Waals surface area contributed by atoms with Crippen molar-refractivity contribution in [1.82, 2.24) is 0 Å². The molecule has 1 aromatic carbocycles. The van der Waals surface area contributed by atoms with Crippen LogP contribution in [0.15, 0.2) is 23.4 Å². The van der Waals surface area contributed by atoms with E-state index < -0.39 is 0 Å². The molecular weight excluding hydrogens is 204 g/mol. The van der Waals surface area contributed by atoms with Crippen LogP contribution in [0.1, 0.15) is 5.56 Å². The van der Waals surface area contributed by atoms with Crippen LogP contribution in [-0.2, 0) is 0 Å². The van der Waals surface area contributed by atoms with Gasteiger partial charge in [-0.1, -0.05) is 22.8 Å². The third-order valence-electron chi connectivity index (χ3n) is 1.72. The van der Waals surface area contributed by atoms with Crippen molar-refractivity contribution in [2.75, 3.05) is 6.61 Å². The molecule has 0 aliphatic rings. The van der Waals surface area contributed by atoms with Gasteiger partial charge in [0.15, 0.2) is 5.84 Å². The Kier molecular flexibility index (Phi) is 3.59. The SMILES string of the molecule is Cc1c(Cl)cccc1OCC(N)=NO. The van der Waals surface area contributed by atoms with Crippen LogP contribution < -0.4 is 10.5 Å². The van der Waals surface area contributed by atoms with Crippen molar-refractivity contribution in [2.24, 2.45) is 10.9 Å². The molecular formula is C9H11ClN2O2. The molecule has 0 spiro atoms. The van der Waals surface area contributed by atoms with E-state index in [1.165, 1.54) is 0 Å². The van der Waals surface area contributed by atoms with Gasteiger partial charge in [0.25, 0.3) is 0 Å². The molecule has 0 aromatic heterocycles. The molecule has 0 radical (unpaired) electrons. The highest BCUT2D eigenvalue weighted by molar-refractivity contribution is 6.31. The first-order valence-corrected chi connectivity index (χ1v) is 4.37. The summed E-state index contributed by atoms with van der Waals surface area (Å²) in [5, 5.41) is 11.7. The summed E-state index contributed by atoms with van der Waals surface area (Å²) in [6.07, 6.45) is 0. The smallest absolute Gasteiger partial charge is 0.177 e. The monoisotopic (exact) mass is 214 g/mol. The Balaban J connectivity index is 2.73. The van der Waals surface area contributed by atoms with Crippen LogP contribution in [-0.4, -0.2) is 17.6 Å². The van der Waals surface area contributed by atoms with Gasteiger partial charge in [0.2, 0.25) is 0 Å². The van der Waals surface area contributed by atoms with E-state index in [1.54, 1.807) is 18.2 Å². The Bertz CT molecular complexity index is 353. The van der Waals surface area contributed by atoms with Crippen LogP contribution in [0.2, 0.25) is 5.02 Å². The van der Waals surface area contributed by atoms with E-state index in [1.807, 2.05) is 6.92 Å². The van der Waals surface area contributed by atoms with Crippen LogP contribution >= 0.6 is 11.6 Å². The number of ether oxygens (including phenoxy) is 1. The van der Waals surface area contributed by atoms with Crippen molar-refractivity contribution in [3.05, 3.63) is 28.8 Å². The lowest BCUT2D eigenvalue weighted by Crippen LogP contribution is -2.21. The topological polar surface area (TPSA) is 67.8 Å². The molecule has 0 heterocycles. The largest absolute Gasteiger partial charge is 0.485 e. The van der Waals surface area contributed by atoms with Crippen molar-refractivity contribution < 1.29 is 9.94 Å². The summed E-state index contributed by atoms with van der Waals surface area (Å²) >= 11 is 5.87. The number of rotatable bonds is 3. The molecule has 3 N–H and O–H groups in total. The highest BCUT2D eigenvalue weighted by Crippen LogP contribution is 2.24. The fraction of sp³-hybridized carbons (Fsp3) is 0.222. The Labute approximate surface area is 86.9 Å². The fourth-order valence-corrected chi connectivity index (χ4v) is 1.09.